The van der Waals surface area contributed by atoms with Crippen molar-refractivity contribution in [1.29, 1.82) is 0 Å². The summed E-state index contributed by atoms with van der Waals surface area (Å²) in [6.45, 7) is 2.72. The van der Waals surface area contributed by atoms with Gasteiger partial charge in [0.05, 0.1) is 46.0 Å². The first-order valence-electron chi connectivity index (χ1n) is 8.67. The van der Waals surface area contributed by atoms with Crippen LogP contribution in [0.15, 0.2) is 24.3 Å². The third-order valence-electron chi connectivity index (χ3n) is 6.10. The van der Waals surface area contributed by atoms with Gasteiger partial charge in [-0.25, -0.2) is 4.90 Å². The molecule has 1 aromatic rings. The lowest BCUT2D eigenvalue weighted by molar-refractivity contribution is -0.200. The molecule has 9 heteroatoms. The van der Waals surface area contributed by atoms with E-state index in [1.807, 2.05) is 6.92 Å². The summed E-state index contributed by atoms with van der Waals surface area (Å²) in [6, 6.07) is 6.75. The molecule has 6 atom stereocenters. The van der Waals surface area contributed by atoms with Gasteiger partial charge in [0.15, 0.2) is 6.29 Å². The molecule has 6 nitrogen and oxygen atoms in total. The Bertz CT molecular complexity index is 845. The maximum absolute atomic E-state index is 13.5. The molecule has 144 valence electrons. The molecule has 4 heterocycles. The van der Waals surface area contributed by atoms with Crippen LogP contribution in [0.3, 0.4) is 0 Å². The third-order valence-corrected chi connectivity index (χ3v) is 9.73. The number of halogens is 3. The molecular formula is C18H16Br2ClNO5. The summed E-state index contributed by atoms with van der Waals surface area (Å²) < 4.78 is 18.0. The van der Waals surface area contributed by atoms with Crippen molar-refractivity contribution in [3.63, 3.8) is 0 Å². The van der Waals surface area contributed by atoms with Crippen LogP contribution >= 0.6 is 43.5 Å². The number of benzene rings is 1. The molecule has 5 rings (SSSR count). The predicted octanol–water partition coefficient (Wildman–Crippen LogP) is 2.89. The molecular weight excluding hydrogens is 505 g/mol. The largest absolute Gasteiger partial charge is 0.359 e. The smallest absolute Gasteiger partial charge is 0.240 e. The van der Waals surface area contributed by atoms with Crippen molar-refractivity contribution < 1.29 is 23.8 Å². The minimum absolute atomic E-state index is 0.185. The van der Waals surface area contributed by atoms with Gasteiger partial charge in [0.1, 0.15) is 5.60 Å². The Labute approximate surface area is 177 Å². The zero-order chi connectivity index (χ0) is 19.1. The van der Waals surface area contributed by atoms with E-state index in [-0.39, 0.29) is 21.5 Å². The van der Waals surface area contributed by atoms with Gasteiger partial charge in [-0.05, 0) is 25.1 Å². The molecule has 2 amide bonds. The van der Waals surface area contributed by atoms with Gasteiger partial charge in [-0.1, -0.05) is 49.5 Å². The number of fused-ring (bicyclic) bond motifs is 5. The Morgan fingerprint density at radius 3 is 2.44 bits per heavy atom. The second-order valence-corrected chi connectivity index (χ2v) is 9.87. The number of amides is 2. The highest BCUT2D eigenvalue weighted by Gasteiger charge is 2.82. The van der Waals surface area contributed by atoms with Crippen molar-refractivity contribution in [2.24, 2.45) is 11.8 Å². The fraction of sp³-hybridized carbons (Fsp3) is 0.556. The molecule has 2 bridgehead atoms. The minimum atomic E-state index is -1.08. The molecule has 4 aliphatic heterocycles. The SMILES string of the molecule is C[C@@]12O[C@@](C3OCCO3)([C@H](Br)[C@@H]1Br)[C@@H]1C(=O)N(c3cccc(Cl)c3)C(=O)[C@@H]12. The summed E-state index contributed by atoms with van der Waals surface area (Å²) in [4.78, 5) is 27.7. The standard InChI is InChI=1S/C18H16Br2ClNO5/c1-17-10-11(15(24)22(14(10)23)9-4-2-3-8(21)7-9)18(27-17,13(20)12(17)19)16-25-5-6-26-16/h2-4,7,10-13,16H,5-6H2,1H3/t10-,11+,12+,13-,17+,18-/m1/s1. The molecule has 0 spiro atoms. The van der Waals surface area contributed by atoms with Crippen molar-refractivity contribution in [1.82, 2.24) is 0 Å². The van der Waals surface area contributed by atoms with Crippen molar-refractivity contribution in [2.45, 2.75) is 34.1 Å². The maximum Gasteiger partial charge on any atom is 0.240 e. The monoisotopic (exact) mass is 519 g/mol. The minimum Gasteiger partial charge on any atom is -0.359 e. The summed E-state index contributed by atoms with van der Waals surface area (Å²) in [5, 5.41) is 0.463. The predicted molar refractivity (Wildman–Crippen MR) is 104 cm³/mol. The van der Waals surface area contributed by atoms with Crippen LogP contribution < -0.4 is 4.90 Å². The number of alkyl halides is 2. The lowest BCUT2D eigenvalue weighted by Crippen LogP contribution is -2.59. The molecule has 1 aromatic carbocycles. The summed E-state index contributed by atoms with van der Waals surface area (Å²) in [6.07, 6.45) is -0.713. The molecule has 4 aliphatic rings. The highest BCUT2D eigenvalue weighted by atomic mass is 79.9. The Morgan fingerprint density at radius 1 is 1.11 bits per heavy atom. The topological polar surface area (TPSA) is 65.1 Å². The van der Waals surface area contributed by atoms with Crippen molar-refractivity contribution in [2.75, 3.05) is 18.1 Å². The molecule has 4 fully saturated rings. The third kappa shape index (κ3) is 2.17. The molecule has 27 heavy (non-hydrogen) atoms. The van der Waals surface area contributed by atoms with Crippen LogP contribution in [-0.2, 0) is 23.8 Å². The van der Waals surface area contributed by atoms with E-state index in [1.54, 1.807) is 24.3 Å². The van der Waals surface area contributed by atoms with Crippen molar-refractivity contribution >= 4 is 61.0 Å². The lowest BCUT2D eigenvalue weighted by atomic mass is 9.67. The summed E-state index contributed by atoms with van der Waals surface area (Å²) in [5.41, 5.74) is -1.48. The average molecular weight is 522 g/mol. The van der Waals surface area contributed by atoms with Gasteiger partial charge in [0, 0.05) is 5.02 Å². The molecule has 0 radical (unpaired) electrons. The first-order valence-corrected chi connectivity index (χ1v) is 10.9. The molecule has 0 aliphatic carbocycles. The Hall–Kier alpha value is -0.510. The summed E-state index contributed by atoms with van der Waals surface area (Å²) in [7, 11) is 0. The number of ether oxygens (including phenoxy) is 3. The van der Waals surface area contributed by atoms with Gasteiger partial charge in [-0.15, -0.1) is 0 Å². The van der Waals surface area contributed by atoms with E-state index in [0.29, 0.717) is 23.9 Å². The highest BCUT2D eigenvalue weighted by Crippen LogP contribution is 2.66. The highest BCUT2D eigenvalue weighted by molar-refractivity contribution is 9.12. The second-order valence-electron chi connectivity index (χ2n) is 7.46. The van der Waals surface area contributed by atoms with E-state index in [4.69, 9.17) is 25.8 Å². The number of rotatable bonds is 2. The zero-order valence-electron chi connectivity index (χ0n) is 14.2. The average Bonchev–Trinajstić information content (AvgIpc) is 3.34. The van der Waals surface area contributed by atoms with Crippen LogP contribution in [0.2, 0.25) is 5.02 Å². The van der Waals surface area contributed by atoms with Crippen LogP contribution in [0.1, 0.15) is 6.92 Å². The zero-order valence-corrected chi connectivity index (χ0v) is 18.2. The van der Waals surface area contributed by atoms with Gasteiger partial charge in [0.25, 0.3) is 0 Å². The number of hydrogen-bond acceptors (Lipinski definition) is 5. The number of nitrogens with zero attached hydrogens (tertiary/aromatic N) is 1. The number of carbonyl (C=O) groups is 2. The van der Waals surface area contributed by atoms with Gasteiger partial charge in [-0.3, -0.25) is 9.59 Å². The van der Waals surface area contributed by atoms with Crippen molar-refractivity contribution in [3.05, 3.63) is 29.3 Å². The maximum atomic E-state index is 13.5. The van der Waals surface area contributed by atoms with E-state index >= 15 is 0 Å². The van der Waals surface area contributed by atoms with E-state index in [9.17, 15) is 9.59 Å². The summed E-state index contributed by atoms with van der Waals surface area (Å²) in [5.74, 6) is -1.91. The van der Waals surface area contributed by atoms with Crippen LogP contribution in [0.4, 0.5) is 5.69 Å². The number of imide groups is 1. The molecule has 0 aromatic heterocycles. The van der Waals surface area contributed by atoms with Crippen molar-refractivity contribution in [3.8, 4) is 0 Å². The Balaban J connectivity index is 1.65. The first-order chi connectivity index (χ1) is 12.8. The van der Waals surface area contributed by atoms with E-state index in [1.165, 1.54) is 4.90 Å². The van der Waals surface area contributed by atoms with Crippen LogP contribution in [0.5, 0.6) is 0 Å². The first kappa shape index (κ1) is 18.5. The number of anilines is 1. The molecule has 0 unspecified atom stereocenters. The molecule has 4 saturated heterocycles. The number of hydrogen-bond donors (Lipinski definition) is 0. The van der Waals surface area contributed by atoms with E-state index in [0.717, 1.165) is 0 Å². The quantitative estimate of drug-likeness (QED) is 0.443. The summed E-state index contributed by atoms with van der Waals surface area (Å²) >= 11 is 13.5. The van der Waals surface area contributed by atoms with Gasteiger partial charge in [0.2, 0.25) is 11.8 Å². The molecule has 0 N–H and O–H groups in total. The fourth-order valence-electron chi connectivity index (χ4n) is 5.00. The van der Waals surface area contributed by atoms with Gasteiger partial charge < -0.3 is 14.2 Å². The van der Waals surface area contributed by atoms with Gasteiger partial charge in [-0.2, -0.15) is 0 Å². The van der Waals surface area contributed by atoms with Crippen LogP contribution in [-0.4, -0.2) is 52.2 Å². The van der Waals surface area contributed by atoms with E-state index < -0.39 is 29.3 Å². The normalized spacial score (nSPS) is 43.8. The fourth-order valence-corrected chi connectivity index (χ4v) is 7.09. The Kier molecular flexibility index (Phi) is 4.11. The van der Waals surface area contributed by atoms with Crippen LogP contribution in [0, 0.1) is 11.8 Å². The molecule has 0 saturated carbocycles. The number of carbonyl (C=O) groups excluding carboxylic acids is 2. The Morgan fingerprint density at radius 2 is 1.78 bits per heavy atom. The second kappa shape index (κ2) is 6.00. The van der Waals surface area contributed by atoms with Crippen LogP contribution in [0.25, 0.3) is 0 Å². The van der Waals surface area contributed by atoms with Gasteiger partial charge >= 0.3 is 0 Å². The van der Waals surface area contributed by atoms with E-state index in [2.05, 4.69) is 31.9 Å². The lowest BCUT2D eigenvalue weighted by Gasteiger charge is -2.39.